The first-order valence-electron chi connectivity index (χ1n) is 9.17. The van der Waals surface area contributed by atoms with Crippen LogP contribution in [0.2, 0.25) is 0 Å². The lowest BCUT2D eigenvalue weighted by molar-refractivity contribution is -0.138. The average Bonchev–Trinajstić information content (AvgIpc) is 2.93. The van der Waals surface area contributed by atoms with E-state index >= 15 is 0 Å². The summed E-state index contributed by atoms with van der Waals surface area (Å²) in [6.45, 7) is 9.14. The third kappa shape index (κ3) is 5.46. The van der Waals surface area contributed by atoms with Crippen molar-refractivity contribution in [1.82, 2.24) is 10.6 Å². The third-order valence-corrected chi connectivity index (χ3v) is 4.27. The van der Waals surface area contributed by atoms with Crippen LogP contribution < -0.4 is 10.6 Å². The molecule has 2 N–H and O–H groups in total. The van der Waals surface area contributed by atoms with Crippen molar-refractivity contribution in [3.63, 3.8) is 0 Å². The van der Waals surface area contributed by atoms with Gasteiger partial charge in [0.1, 0.15) is 0 Å². The number of carbonyl (C=O) groups is 1. The molecule has 1 amide bonds. The normalized spacial score (nSPS) is 15.9. The number of nitrogens with one attached hydrogen (secondary N) is 2. The van der Waals surface area contributed by atoms with Gasteiger partial charge < -0.3 is 10.6 Å². The van der Waals surface area contributed by atoms with Gasteiger partial charge in [-0.05, 0) is 48.6 Å². The summed E-state index contributed by atoms with van der Waals surface area (Å²) in [5.74, 6) is 0.223. The highest BCUT2D eigenvalue weighted by atomic mass is 19.4. The molecule has 0 saturated heterocycles. The van der Waals surface area contributed by atoms with Crippen LogP contribution in [0, 0.1) is 5.92 Å². The smallest absolute Gasteiger partial charge is 0.348 e. The fraction of sp³-hybridized carbons (Fsp3) is 0.632. The summed E-state index contributed by atoms with van der Waals surface area (Å²) in [5.41, 5.74) is 0.0387. The first kappa shape index (κ1) is 21.5. The van der Waals surface area contributed by atoms with E-state index in [4.69, 9.17) is 0 Å². The summed E-state index contributed by atoms with van der Waals surface area (Å²) >= 11 is 0. The SMILES string of the molecule is CC.CC.O=C1NCc2c1cc(CNCC1CCC1)cc2C(F)(F)F. The molecule has 25 heavy (non-hydrogen) atoms. The number of benzene rings is 1. The van der Waals surface area contributed by atoms with Gasteiger partial charge in [0, 0.05) is 18.7 Å². The van der Waals surface area contributed by atoms with Crippen LogP contribution in [0.25, 0.3) is 0 Å². The molecule has 1 heterocycles. The molecule has 3 nitrogen and oxygen atoms in total. The molecule has 0 spiro atoms. The number of hydrogen-bond donors (Lipinski definition) is 2. The van der Waals surface area contributed by atoms with Gasteiger partial charge in [-0.15, -0.1) is 0 Å². The average molecular weight is 358 g/mol. The monoisotopic (exact) mass is 358 g/mol. The molecule has 3 rings (SSSR count). The van der Waals surface area contributed by atoms with Crippen molar-refractivity contribution in [3.05, 3.63) is 34.4 Å². The van der Waals surface area contributed by atoms with Gasteiger partial charge in [0.2, 0.25) is 0 Å². The van der Waals surface area contributed by atoms with Gasteiger partial charge in [-0.2, -0.15) is 13.2 Å². The summed E-state index contributed by atoms with van der Waals surface area (Å²) in [6, 6.07) is 2.73. The van der Waals surface area contributed by atoms with Crippen LogP contribution >= 0.6 is 0 Å². The van der Waals surface area contributed by atoms with Crippen LogP contribution in [0.15, 0.2) is 12.1 Å². The van der Waals surface area contributed by atoms with Crippen LogP contribution in [0.3, 0.4) is 0 Å². The number of carbonyl (C=O) groups excluding carboxylic acids is 1. The van der Waals surface area contributed by atoms with E-state index in [-0.39, 0.29) is 17.7 Å². The van der Waals surface area contributed by atoms with Gasteiger partial charge in [-0.3, -0.25) is 4.79 Å². The molecule has 1 aliphatic heterocycles. The van der Waals surface area contributed by atoms with Crippen molar-refractivity contribution < 1.29 is 18.0 Å². The van der Waals surface area contributed by atoms with E-state index in [0.717, 1.165) is 12.6 Å². The van der Waals surface area contributed by atoms with Crippen molar-refractivity contribution in [2.75, 3.05) is 6.54 Å². The van der Waals surface area contributed by atoms with Gasteiger partial charge in [0.25, 0.3) is 5.91 Å². The number of rotatable bonds is 4. The molecule has 1 aromatic carbocycles. The number of halogens is 3. The molecule has 0 radical (unpaired) electrons. The zero-order chi connectivity index (χ0) is 19.0. The Morgan fingerprint density at radius 1 is 1.16 bits per heavy atom. The molecule has 2 aliphatic rings. The molecule has 0 unspecified atom stereocenters. The molecule has 1 saturated carbocycles. The van der Waals surface area contributed by atoms with E-state index in [0.29, 0.717) is 18.0 Å². The Bertz CT molecular complexity index is 567. The summed E-state index contributed by atoms with van der Waals surface area (Å²) < 4.78 is 39.3. The van der Waals surface area contributed by atoms with Crippen LogP contribution in [-0.4, -0.2) is 12.5 Å². The molecule has 142 valence electrons. The fourth-order valence-electron chi connectivity index (χ4n) is 2.86. The minimum atomic E-state index is -4.43. The third-order valence-electron chi connectivity index (χ3n) is 4.27. The number of amides is 1. The lowest BCUT2D eigenvalue weighted by Gasteiger charge is -2.25. The number of fused-ring (bicyclic) bond motifs is 1. The Morgan fingerprint density at radius 3 is 2.32 bits per heavy atom. The zero-order valence-electron chi connectivity index (χ0n) is 15.5. The lowest BCUT2D eigenvalue weighted by atomic mass is 9.85. The van der Waals surface area contributed by atoms with Gasteiger partial charge in [0.05, 0.1) is 5.56 Å². The standard InChI is InChI=1S/C15H17F3N2O.2C2H6/c16-15(17,18)13-5-10(7-19-6-9-2-1-3-9)4-11-12(13)8-20-14(11)21;2*1-2/h4-5,9,19H,1-3,6-8H2,(H,20,21);2*1-2H3. The molecular weight excluding hydrogens is 329 g/mol. The predicted octanol–water partition coefficient (Wildman–Crippen LogP) is 4.89. The predicted molar refractivity (Wildman–Crippen MR) is 94.4 cm³/mol. The Hall–Kier alpha value is -1.56. The van der Waals surface area contributed by atoms with Crippen molar-refractivity contribution in [2.45, 2.75) is 66.2 Å². The molecule has 1 aromatic rings. The second kappa shape index (κ2) is 9.80. The van der Waals surface area contributed by atoms with Gasteiger partial charge in [0.15, 0.2) is 0 Å². The highest BCUT2D eigenvalue weighted by molar-refractivity contribution is 5.99. The first-order valence-corrected chi connectivity index (χ1v) is 9.17. The van der Waals surface area contributed by atoms with E-state index in [1.807, 2.05) is 27.7 Å². The van der Waals surface area contributed by atoms with E-state index in [2.05, 4.69) is 10.6 Å². The lowest BCUT2D eigenvalue weighted by Crippen LogP contribution is -2.27. The van der Waals surface area contributed by atoms with E-state index < -0.39 is 17.6 Å². The van der Waals surface area contributed by atoms with Crippen LogP contribution in [0.5, 0.6) is 0 Å². The van der Waals surface area contributed by atoms with Gasteiger partial charge in [-0.1, -0.05) is 34.1 Å². The van der Waals surface area contributed by atoms with Crippen LogP contribution in [0.4, 0.5) is 13.2 Å². The summed E-state index contributed by atoms with van der Waals surface area (Å²) in [7, 11) is 0. The Kier molecular flexibility index (Phi) is 8.42. The van der Waals surface area contributed by atoms with Crippen molar-refractivity contribution >= 4 is 5.91 Å². The van der Waals surface area contributed by atoms with Gasteiger partial charge >= 0.3 is 6.18 Å². The molecular formula is C19H29F3N2O. The summed E-state index contributed by atoms with van der Waals surface area (Å²) in [4.78, 5) is 11.6. The second-order valence-corrected chi connectivity index (χ2v) is 5.78. The van der Waals surface area contributed by atoms with E-state index in [1.54, 1.807) is 6.07 Å². The van der Waals surface area contributed by atoms with Crippen molar-refractivity contribution in [3.8, 4) is 0 Å². The largest absolute Gasteiger partial charge is 0.416 e. The van der Waals surface area contributed by atoms with Crippen molar-refractivity contribution in [1.29, 1.82) is 0 Å². The maximum absolute atomic E-state index is 13.1. The topological polar surface area (TPSA) is 41.1 Å². The Balaban J connectivity index is 0.000000730. The van der Waals surface area contributed by atoms with Crippen LogP contribution in [0.1, 0.15) is 74.0 Å². The zero-order valence-corrected chi connectivity index (χ0v) is 15.5. The van der Waals surface area contributed by atoms with Crippen LogP contribution in [-0.2, 0) is 19.3 Å². The maximum Gasteiger partial charge on any atom is 0.416 e. The second-order valence-electron chi connectivity index (χ2n) is 5.78. The molecule has 1 fully saturated rings. The fourth-order valence-corrected chi connectivity index (χ4v) is 2.86. The highest BCUT2D eigenvalue weighted by Crippen LogP contribution is 2.36. The summed E-state index contributed by atoms with van der Waals surface area (Å²) in [5, 5.41) is 5.65. The van der Waals surface area contributed by atoms with E-state index in [1.165, 1.54) is 19.3 Å². The minimum absolute atomic E-state index is 0.0429. The highest BCUT2D eigenvalue weighted by Gasteiger charge is 2.37. The molecule has 0 aromatic heterocycles. The van der Waals surface area contributed by atoms with Gasteiger partial charge in [-0.25, -0.2) is 0 Å². The quantitative estimate of drug-likeness (QED) is 0.804. The maximum atomic E-state index is 13.1. The molecule has 1 aliphatic carbocycles. The van der Waals surface area contributed by atoms with E-state index in [9.17, 15) is 18.0 Å². The minimum Gasteiger partial charge on any atom is -0.348 e. The summed E-state index contributed by atoms with van der Waals surface area (Å²) in [6.07, 6.45) is -0.815. The molecule has 6 heteroatoms. The van der Waals surface area contributed by atoms with Crippen molar-refractivity contribution in [2.24, 2.45) is 5.92 Å². The first-order chi connectivity index (χ1) is 11.9. The molecule has 0 atom stereocenters. The number of alkyl halides is 3. The number of hydrogen-bond acceptors (Lipinski definition) is 2. The molecule has 0 bridgehead atoms. The Morgan fingerprint density at radius 2 is 1.80 bits per heavy atom. The Labute approximate surface area is 148 Å².